The molecule has 1 aliphatic carbocycles. The van der Waals surface area contributed by atoms with Gasteiger partial charge in [-0.3, -0.25) is 0 Å². The van der Waals surface area contributed by atoms with Gasteiger partial charge in [0.25, 0.3) is 0 Å². The molecule has 1 aromatic heterocycles. The third kappa shape index (κ3) is 2.40. The van der Waals surface area contributed by atoms with E-state index in [1.54, 1.807) is 6.20 Å². The van der Waals surface area contributed by atoms with Gasteiger partial charge in [0, 0.05) is 19.4 Å². The monoisotopic (exact) mass is 208 g/mol. The van der Waals surface area contributed by atoms with Gasteiger partial charge in [-0.25, -0.2) is 4.98 Å². The van der Waals surface area contributed by atoms with E-state index in [0.29, 0.717) is 5.92 Å². The average Bonchev–Trinajstić information content (AvgIpc) is 2.53. The van der Waals surface area contributed by atoms with Gasteiger partial charge in [0.15, 0.2) is 0 Å². The third-order valence-corrected chi connectivity index (χ3v) is 3.47. The van der Waals surface area contributed by atoms with Gasteiger partial charge in [0.1, 0.15) is 11.9 Å². The van der Waals surface area contributed by atoms with Crippen molar-refractivity contribution < 1.29 is 5.11 Å². The summed E-state index contributed by atoms with van der Waals surface area (Å²) in [5.41, 5.74) is 0. The first-order valence-electron chi connectivity index (χ1n) is 5.94. The fourth-order valence-electron chi connectivity index (χ4n) is 2.50. The minimum absolute atomic E-state index is 0.372. The van der Waals surface area contributed by atoms with Crippen LogP contribution < -0.4 is 0 Å². The van der Waals surface area contributed by atoms with Gasteiger partial charge < -0.3 is 9.67 Å². The molecule has 1 saturated carbocycles. The van der Waals surface area contributed by atoms with Crippen LogP contribution in [-0.4, -0.2) is 14.7 Å². The highest BCUT2D eigenvalue weighted by atomic mass is 16.3. The van der Waals surface area contributed by atoms with E-state index in [9.17, 15) is 5.11 Å². The summed E-state index contributed by atoms with van der Waals surface area (Å²) in [6.07, 6.45) is 10.7. The van der Waals surface area contributed by atoms with E-state index >= 15 is 0 Å². The Balaban J connectivity index is 2.06. The smallest absolute Gasteiger partial charge is 0.137 e. The zero-order valence-corrected chi connectivity index (χ0v) is 9.39. The molecule has 0 bridgehead atoms. The second-order valence-electron chi connectivity index (χ2n) is 4.59. The Bertz CT molecular complexity index is 300. The second kappa shape index (κ2) is 4.79. The van der Waals surface area contributed by atoms with Crippen molar-refractivity contribution in [2.45, 2.75) is 44.6 Å². The van der Waals surface area contributed by atoms with Crippen molar-refractivity contribution in [3.8, 4) is 0 Å². The second-order valence-corrected chi connectivity index (χ2v) is 4.59. The third-order valence-electron chi connectivity index (χ3n) is 3.47. The molecule has 0 radical (unpaired) electrons. The fourth-order valence-corrected chi connectivity index (χ4v) is 2.50. The molecule has 1 atom stereocenters. The minimum atomic E-state index is -0.372. The highest BCUT2D eigenvalue weighted by molar-refractivity contribution is 4.97. The van der Waals surface area contributed by atoms with Crippen molar-refractivity contribution >= 4 is 0 Å². The summed E-state index contributed by atoms with van der Waals surface area (Å²) >= 11 is 0. The van der Waals surface area contributed by atoms with Crippen LogP contribution in [0.5, 0.6) is 0 Å². The van der Waals surface area contributed by atoms with Gasteiger partial charge >= 0.3 is 0 Å². The number of imidazole rings is 1. The molecule has 1 fully saturated rings. The van der Waals surface area contributed by atoms with Crippen LogP contribution in [0.1, 0.15) is 50.5 Å². The number of hydrogen-bond acceptors (Lipinski definition) is 2. The van der Waals surface area contributed by atoms with Crippen LogP contribution in [0.2, 0.25) is 0 Å². The van der Waals surface area contributed by atoms with Crippen molar-refractivity contribution in [2.75, 3.05) is 0 Å². The summed E-state index contributed by atoms with van der Waals surface area (Å²) in [6.45, 7) is 0. The molecule has 84 valence electrons. The fraction of sp³-hybridized carbons (Fsp3) is 0.750. The summed E-state index contributed by atoms with van der Waals surface area (Å²) in [4.78, 5) is 4.23. The number of aromatic nitrogens is 2. The van der Waals surface area contributed by atoms with Gasteiger partial charge in [-0.2, -0.15) is 0 Å². The largest absolute Gasteiger partial charge is 0.385 e. The Labute approximate surface area is 91.1 Å². The van der Waals surface area contributed by atoms with E-state index < -0.39 is 0 Å². The summed E-state index contributed by atoms with van der Waals surface area (Å²) < 4.78 is 1.93. The number of aryl methyl sites for hydroxylation is 1. The molecule has 1 aromatic rings. The summed E-state index contributed by atoms with van der Waals surface area (Å²) in [5.74, 6) is 1.23. The maximum Gasteiger partial charge on any atom is 0.137 e. The highest BCUT2D eigenvalue weighted by Crippen LogP contribution is 2.32. The zero-order valence-electron chi connectivity index (χ0n) is 9.39. The molecule has 0 saturated heterocycles. The van der Waals surface area contributed by atoms with Gasteiger partial charge in [0.2, 0.25) is 0 Å². The van der Waals surface area contributed by atoms with Crippen molar-refractivity contribution in [3.05, 3.63) is 18.2 Å². The van der Waals surface area contributed by atoms with Gasteiger partial charge in [0.05, 0.1) is 0 Å². The Morgan fingerprint density at radius 1 is 1.33 bits per heavy atom. The van der Waals surface area contributed by atoms with Crippen LogP contribution >= 0.6 is 0 Å². The average molecular weight is 208 g/mol. The molecule has 1 unspecified atom stereocenters. The van der Waals surface area contributed by atoms with Crippen LogP contribution in [0, 0.1) is 5.92 Å². The molecule has 0 aromatic carbocycles. The van der Waals surface area contributed by atoms with Crippen LogP contribution in [0.15, 0.2) is 12.4 Å². The number of aliphatic hydroxyl groups excluding tert-OH is 1. The SMILES string of the molecule is Cn1ccnc1C(O)C1CCCCCC1. The quantitative estimate of drug-likeness (QED) is 0.758. The number of hydrogen-bond donors (Lipinski definition) is 1. The lowest BCUT2D eigenvalue weighted by Gasteiger charge is -2.20. The van der Waals surface area contributed by atoms with E-state index in [1.807, 2.05) is 17.8 Å². The molecule has 15 heavy (non-hydrogen) atoms. The predicted octanol–water partition coefficient (Wildman–Crippen LogP) is 2.42. The summed E-state index contributed by atoms with van der Waals surface area (Å²) in [5, 5.41) is 10.3. The first-order valence-corrected chi connectivity index (χ1v) is 5.94. The normalized spacial score (nSPS) is 21.2. The van der Waals surface area contributed by atoms with Gasteiger partial charge in [-0.1, -0.05) is 25.7 Å². The molecule has 1 heterocycles. The Morgan fingerprint density at radius 2 is 2.00 bits per heavy atom. The van der Waals surface area contributed by atoms with Crippen molar-refractivity contribution in [2.24, 2.45) is 13.0 Å². The first-order chi connectivity index (χ1) is 7.29. The minimum Gasteiger partial charge on any atom is -0.385 e. The molecular weight excluding hydrogens is 188 g/mol. The molecule has 2 rings (SSSR count). The van der Waals surface area contributed by atoms with Crippen LogP contribution in [0.25, 0.3) is 0 Å². The molecule has 0 amide bonds. The highest BCUT2D eigenvalue weighted by Gasteiger charge is 2.24. The van der Waals surface area contributed by atoms with Crippen LogP contribution in [-0.2, 0) is 7.05 Å². The molecule has 3 heteroatoms. The lowest BCUT2D eigenvalue weighted by atomic mass is 9.93. The lowest BCUT2D eigenvalue weighted by molar-refractivity contribution is 0.0879. The standard InChI is InChI=1S/C12H20N2O/c1-14-9-8-13-12(14)11(15)10-6-4-2-3-5-7-10/h8-11,15H,2-7H2,1H3. The Hall–Kier alpha value is -0.830. The molecule has 0 spiro atoms. The zero-order chi connectivity index (χ0) is 10.7. The van der Waals surface area contributed by atoms with E-state index in [-0.39, 0.29) is 6.10 Å². The van der Waals surface area contributed by atoms with E-state index in [4.69, 9.17) is 0 Å². The molecule has 1 aliphatic rings. The van der Waals surface area contributed by atoms with E-state index in [2.05, 4.69) is 4.98 Å². The van der Waals surface area contributed by atoms with E-state index in [0.717, 1.165) is 18.7 Å². The molecule has 0 aliphatic heterocycles. The summed E-state index contributed by atoms with van der Waals surface area (Å²) in [6, 6.07) is 0. The maximum atomic E-state index is 10.3. The number of nitrogens with zero attached hydrogens (tertiary/aromatic N) is 2. The van der Waals surface area contributed by atoms with Crippen molar-refractivity contribution in [3.63, 3.8) is 0 Å². The lowest BCUT2D eigenvalue weighted by Crippen LogP contribution is -2.15. The Morgan fingerprint density at radius 3 is 2.53 bits per heavy atom. The molecular formula is C12H20N2O. The van der Waals surface area contributed by atoms with E-state index in [1.165, 1.54) is 25.7 Å². The van der Waals surface area contributed by atoms with Crippen LogP contribution in [0.3, 0.4) is 0 Å². The number of aliphatic hydroxyl groups is 1. The first kappa shape index (κ1) is 10.7. The predicted molar refractivity (Wildman–Crippen MR) is 59.4 cm³/mol. The van der Waals surface area contributed by atoms with Crippen molar-refractivity contribution in [1.82, 2.24) is 9.55 Å². The Kier molecular flexibility index (Phi) is 3.41. The number of rotatable bonds is 2. The molecule has 3 nitrogen and oxygen atoms in total. The summed E-state index contributed by atoms with van der Waals surface area (Å²) in [7, 11) is 1.95. The topological polar surface area (TPSA) is 38.0 Å². The van der Waals surface area contributed by atoms with Gasteiger partial charge in [-0.05, 0) is 18.8 Å². The van der Waals surface area contributed by atoms with Gasteiger partial charge in [-0.15, -0.1) is 0 Å². The van der Waals surface area contributed by atoms with Crippen LogP contribution in [0.4, 0.5) is 0 Å². The molecule has 1 N–H and O–H groups in total. The van der Waals surface area contributed by atoms with Crippen molar-refractivity contribution in [1.29, 1.82) is 0 Å². The maximum absolute atomic E-state index is 10.3.